The van der Waals surface area contributed by atoms with Crippen molar-refractivity contribution >= 4 is 0 Å². The van der Waals surface area contributed by atoms with Crippen LogP contribution in [0.5, 0.6) is 0 Å². The Morgan fingerprint density at radius 1 is 1.31 bits per heavy atom. The summed E-state index contributed by atoms with van der Waals surface area (Å²) in [6, 6.07) is 5.94. The third kappa shape index (κ3) is 1.45. The summed E-state index contributed by atoms with van der Waals surface area (Å²) < 4.78 is 1.96. The number of hydrogen-bond acceptors (Lipinski definition) is 2. The normalized spacial score (nSPS) is 10.3. The van der Waals surface area contributed by atoms with E-state index in [1.54, 1.807) is 6.20 Å². The highest BCUT2D eigenvalue weighted by molar-refractivity contribution is 5.49. The molecule has 2 aromatic heterocycles. The molecule has 0 atom stereocenters. The van der Waals surface area contributed by atoms with Crippen LogP contribution in [0.2, 0.25) is 0 Å². The van der Waals surface area contributed by atoms with E-state index in [1.165, 1.54) is 0 Å². The first kappa shape index (κ1) is 7.98. The smallest absolute Gasteiger partial charge is 0.158 e. The van der Waals surface area contributed by atoms with E-state index in [0.717, 1.165) is 17.2 Å². The zero-order valence-corrected chi connectivity index (χ0v) is 7.73. The largest absolute Gasteiger partial charge is 0.333 e. The van der Waals surface area contributed by atoms with Crippen molar-refractivity contribution in [1.82, 2.24) is 14.5 Å². The fraction of sp³-hybridized carbons (Fsp3) is 0.200. The van der Waals surface area contributed by atoms with Crippen molar-refractivity contribution in [3.8, 4) is 11.5 Å². The first-order valence-corrected chi connectivity index (χ1v) is 4.19. The highest BCUT2D eigenvalue weighted by Gasteiger charge is 2.03. The van der Waals surface area contributed by atoms with Crippen LogP contribution < -0.4 is 0 Å². The molecule has 0 amide bonds. The van der Waals surface area contributed by atoms with Crippen LogP contribution in [0.3, 0.4) is 0 Å². The summed E-state index contributed by atoms with van der Waals surface area (Å²) >= 11 is 0. The molecule has 0 N–H and O–H groups in total. The molecule has 0 saturated heterocycles. The van der Waals surface area contributed by atoms with E-state index in [2.05, 4.69) is 9.97 Å². The molecule has 66 valence electrons. The van der Waals surface area contributed by atoms with Crippen molar-refractivity contribution < 1.29 is 0 Å². The van der Waals surface area contributed by atoms with Crippen molar-refractivity contribution in [2.45, 2.75) is 6.92 Å². The topological polar surface area (TPSA) is 30.7 Å². The predicted molar refractivity (Wildman–Crippen MR) is 51.2 cm³/mol. The Morgan fingerprint density at radius 2 is 2.15 bits per heavy atom. The van der Waals surface area contributed by atoms with Gasteiger partial charge in [0, 0.05) is 25.1 Å². The molecule has 0 aliphatic heterocycles. The van der Waals surface area contributed by atoms with Gasteiger partial charge in [0.15, 0.2) is 5.82 Å². The number of aryl methyl sites for hydroxylation is 2. The summed E-state index contributed by atoms with van der Waals surface area (Å²) in [5, 5.41) is 0. The molecular formula is C10H11N3. The second-order valence-electron chi connectivity index (χ2n) is 3.03. The lowest BCUT2D eigenvalue weighted by Gasteiger charge is -2.00. The Balaban J connectivity index is 2.53. The van der Waals surface area contributed by atoms with Gasteiger partial charge in [-0.05, 0) is 19.1 Å². The van der Waals surface area contributed by atoms with E-state index in [0.29, 0.717) is 0 Å². The first-order chi connectivity index (χ1) is 6.27. The number of pyridine rings is 1. The van der Waals surface area contributed by atoms with Crippen LogP contribution in [-0.2, 0) is 7.05 Å². The van der Waals surface area contributed by atoms with Crippen LogP contribution in [0.4, 0.5) is 0 Å². The molecule has 0 bridgehead atoms. The van der Waals surface area contributed by atoms with Crippen LogP contribution in [0.25, 0.3) is 11.5 Å². The van der Waals surface area contributed by atoms with Gasteiger partial charge in [0.2, 0.25) is 0 Å². The van der Waals surface area contributed by atoms with E-state index < -0.39 is 0 Å². The number of nitrogens with zero attached hydrogens (tertiary/aromatic N) is 3. The second kappa shape index (κ2) is 3.01. The number of rotatable bonds is 1. The maximum Gasteiger partial charge on any atom is 0.158 e. The molecule has 2 aromatic rings. The average molecular weight is 173 g/mol. The van der Waals surface area contributed by atoms with Gasteiger partial charge in [0.05, 0.1) is 0 Å². The summed E-state index contributed by atoms with van der Waals surface area (Å²) in [5.74, 6) is 0.906. The maximum absolute atomic E-state index is 4.39. The molecule has 13 heavy (non-hydrogen) atoms. The molecular weight excluding hydrogens is 162 g/mol. The van der Waals surface area contributed by atoms with Crippen LogP contribution in [0, 0.1) is 6.92 Å². The predicted octanol–water partition coefficient (Wildman–Crippen LogP) is 1.79. The molecule has 3 heteroatoms. The fourth-order valence-electron chi connectivity index (χ4n) is 1.28. The van der Waals surface area contributed by atoms with E-state index in [9.17, 15) is 0 Å². The third-order valence-corrected chi connectivity index (χ3v) is 1.94. The van der Waals surface area contributed by atoms with Gasteiger partial charge >= 0.3 is 0 Å². The third-order valence-electron chi connectivity index (χ3n) is 1.94. The molecule has 0 radical (unpaired) electrons. The maximum atomic E-state index is 4.39. The fourth-order valence-corrected chi connectivity index (χ4v) is 1.28. The molecule has 0 saturated carbocycles. The van der Waals surface area contributed by atoms with E-state index in [4.69, 9.17) is 0 Å². The van der Waals surface area contributed by atoms with Crippen LogP contribution >= 0.6 is 0 Å². The molecule has 0 aliphatic carbocycles. The summed E-state index contributed by atoms with van der Waals surface area (Å²) in [5.41, 5.74) is 1.94. The van der Waals surface area contributed by atoms with Crippen molar-refractivity contribution in [3.63, 3.8) is 0 Å². The van der Waals surface area contributed by atoms with Gasteiger partial charge in [0.25, 0.3) is 0 Å². The molecule has 0 aliphatic rings. The van der Waals surface area contributed by atoms with E-state index in [1.807, 2.05) is 42.9 Å². The van der Waals surface area contributed by atoms with Crippen molar-refractivity contribution in [1.29, 1.82) is 0 Å². The average Bonchev–Trinajstić information content (AvgIpc) is 2.51. The highest BCUT2D eigenvalue weighted by Crippen LogP contribution is 2.13. The minimum atomic E-state index is 0.906. The SMILES string of the molecule is Cc1cccc(-c2nccn2C)n1. The minimum absolute atomic E-state index is 0.906. The quantitative estimate of drug-likeness (QED) is 0.658. The molecule has 0 spiro atoms. The zero-order valence-electron chi connectivity index (χ0n) is 7.73. The Bertz CT molecular complexity index is 418. The second-order valence-corrected chi connectivity index (χ2v) is 3.03. The van der Waals surface area contributed by atoms with Crippen LogP contribution in [0.1, 0.15) is 5.69 Å². The van der Waals surface area contributed by atoms with Crippen LogP contribution in [-0.4, -0.2) is 14.5 Å². The van der Waals surface area contributed by atoms with Crippen molar-refractivity contribution in [3.05, 3.63) is 36.3 Å². The molecule has 0 unspecified atom stereocenters. The molecule has 0 aromatic carbocycles. The number of imidazole rings is 1. The summed E-state index contributed by atoms with van der Waals surface area (Å²) in [6.07, 6.45) is 3.69. The lowest BCUT2D eigenvalue weighted by atomic mass is 10.3. The minimum Gasteiger partial charge on any atom is -0.333 e. The summed E-state index contributed by atoms with van der Waals surface area (Å²) in [4.78, 5) is 8.62. The monoisotopic (exact) mass is 173 g/mol. The van der Waals surface area contributed by atoms with Crippen molar-refractivity contribution in [2.24, 2.45) is 7.05 Å². The molecule has 0 fully saturated rings. The van der Waals surface area contributed by atoms with Gasteiger partial charge in [-0.3, -0.25) is 0 Å². The van der Waals surface area contributed by atoms with Crippen LogP contribution in [0.15, 0.2) is 30.6 Å². The van der Waals surface area contributed by atoms with Gasteiger partial charge < -0.3 is 4.57 Å². The summed E-state index contributed by atoms with van der Waals surface area (Å²) in [6.45, 7) is 1.98. The molecule has 2 heterocycles. The number of aromatic nitrogens is 3. The van der Waals surface area contributed by atoms with Gasteiger partial charge in [0.1, 0.15) is 5.69 Å². The summed E-state index contributed by atoms with van der Waals surface area (Å²) in [7, 11) is 1.96. The first-order valence-electron chi connectivity index (χ1n) is 4.19. The Hall–Kier alpha value is -1.64. The highest BCUT2D eigenvalue weighted by atomic mass is 15.0. The Morgan fingerprint density at radius 3 is 2.77 bits per heavy atom. The van der Waals surface area contributed by atoms with E-state index in [-0.39, 0.29) is 0 Å². The van der Waals surface area contributed by atoms with Gasteiger partial charge in [-0.1, -0.05) is 6.07 Å². The Kier molecular flexibility index (Phi) is 1.85. The van der Waals surface area contributed by atoms with E-state index >= 15 is 0 Å². The van der Waals surface area contributed by atoms with Gasteiger partial charge in [-0.15, -0.1) is 0 Å². The molecule has 3 nitrogen and oxygen atoms in total. The Labute approximate surface area is 77.1 Å². The number of hydrogen-bond donors (Lipinski definition) is 0. The van der Waals surface area contributed by atoms with Gasteiger partial charge in [-0.2, -0.15) is 0 Å². The standard InChI is InChI=1S/C10H11N3/c1-8-4-3-5-9(12-8)10-11-6-7-13(10)2/h3-7H,1-2H3. The lowest BCUT2D eigenvalue weighted by molar-refractivity contribution is 0.915. The zero-order chi connectivity index (χ0) is 9.26. The molecule has 2 rings (SSSR count). The van der Waals surface area contributed by atoms with Crippen molar-refractivity contribution in [2.75, 3.05) is 0 Å². The van der Waals surface area contributed by atoms with Gasteiger partial charge in [-0.25, -0.2) is 9.97 Å². The lowest BCUT2D eigenvalue weighted by Crippen LogP contribution is -1.94.